The van der Waals surface area contributed by atoms with Gasteiger partial charge in [-0.3, -0.25) is 5.32 Å². The van der Waals surface area contributed by atoms with E-state index in [2.05, 4.69) is 15.6 Å². The van der Waals surface area contributed by atoms with Crippen LogP contribution in [0.4, 0.5) is 10.6 Å². The molecule has 1 saturated carbocycles. The highest BCUT2D eigenvalue weighted by molar-refractivity contribution is 6.29. The van der Waals surface area contributed by atoms with Crippen molar-refractivity contribution in [1.29, 1.82) is 0 Å². The van der Waals surface area contributed by atoms with Gasteiger partial charge in [0.1, 0.15) is 11.0 Å². The Morgan fingerprint density at radius 3 is 2.76 bits per heavy atom. The zero-order chi connectivity index (χ0) is 12.1. The Labute approximate surface area is 106 Å². The zero-order valence-electron chi connectivity index (χ0n) is 9.58. The molecule has 0 radical (unpaired) electrons. The number of nitrogens with one attached hydrogen (secondary N) is 2. The molecule has 0 bridgehead atoms. The van der Waals surface area contributed by atoms with Crippen LogP contribution >= 0.6 is 11.6 Å². The molecule has 2 amide bonds. The van der Waals surface area contributed by atoms with Gasteiger partial charge in [0, 0.05) is 6.04 Å². The number of rotatable bonds is 2. The van der Waals surface area contributed by atoms with Gasteiger partial charge in [-0.05, 0) is 25.0 Å². The van der Waals surface area contributed by atoms with Gasteiger partial charge in [0.05, 0.1) is 0 Å². The predicted molar refractivity (Wildman–Crippen MR) is 68.3 cm³/mol. The number of anilines is 1. The fraction of sp³-hybridized carbons (Fsp3) is 0.500. The number of carbonyl (C=O) groups is 1. The van der Waals surface area contributed by atoms with E-state index in [0.717, 1.165) is 12.8 Å². The lowest BCUT2D eigenvalue weighted by atomic mass is 9.96. The number of nitrogens with zero attached hydrogens (tertiary/aromatic N) is 1. The molecule has 17 heavy (non-hydrogen) atoms. The maximum atomic E-state index is 11.7. The first-order valence-corrected chi connectivity index (χ1v) is 6.32. The molecule has 4 nitrogen and oxygen atoms in total. The van der Waals surface area contributed by atoms with Gasteiger partial charge < -0.3 is 5.32 Å². The lowest BCUT2D eigenvalue weighted by molar-refractivity contribution is 0.244. The number of amides is 2. The molecule has 2 N–H and O–H groups in total. The van der Waals surface area contributed by atoms with Crippen LogP contribution < -0.4 is 10.6 Å². The summed E-state index contributed by atoms with van der Waals surface area (Å²) >= 11 is 5.74. The van der Waals surface area contributed by atoms with Gasteiger partial charge >= 0.3 is 6.03 Å². The predicted octanol–water partition coefficient (Wildman–Crippen LogP) is 3.19. The first-order chi connectivity index (χ1) is 8.24. The van der Waals surface area contributed by atoms with Crippen LogP contribution in [-0.2, 0) is 0 Å². The summed E-state index contributed by atoms with van der Waals surface area (Å²) in [5, 5.41) is 6.01. The van der Waals surface area contributed by atoms with Gasteiger partial charge in [0.15, 0.2) is 0 Å². The lowest BCUT2D eigenvalue weighted by Crippen LogP contribution is -2.39. The summed E-state index contributed by atoms with van der Waals surface area (Å²) in [6, 6.07) is 5.23. The van der Waals surface area contributed by atoms with Crippen molar-refractivity contribution in [1.82, 2.24) is 10.3 Å². The lowest BCUT2D eigenvalue weighted by Gasteiger charge is -2.22. The smallest absolute Gasteiger partial charge is 0.320 e. The Balaban J connectivity index is 1.84. The van der Waals surface area contributed by atoms with Crippen molar-refractivity contribution in [3.63, 3.8) is 0 Å². The van der Waals surface area contributed by atoms with Gasteiger partial charge in [0.25, 0.3) is 0 Å². The SMILES string of the molecule is O=C(Nc1cccc(Cl)n1)NC1CCCCC1. The Bertz CT molecular complexity index is 391. The van der Waals surface area contributed by atoms with Crippen LogP contribution in [0.15, 0.2) is 18.2 Å². The first kappa shape index (κ1) is 12.2. The minimum absolute atomic E-state index is 0.202. The highest BCUT2D eigenvalue weighted by Crippen LogP contribution is 2.17. The molecule has 0 saturated heterocycles. The van der Waals surface area contributed by atoms with E-state index in [9.17, 15) is 4.79 Å². The summed E-state index contributed by atoms with van der Waals surface area (Å²) in [6.45, 7) is 0. The molecule has 2 rings (SSSR count). The second-order valence-corrected chi connectivity index (χ2v) is 4.67. The highest BCUT2D eigenvalue weighted by Gasteiger charge is 2.15. The average Bonchev–Trinajstić information content (AvgIpc) is 2.30. The summed E-state index contributed by atoms with van der Waals surface area (Å²) < 4.78 is 0. The van der Waals surface area contributed by atoms with Crippen LogP contribution in [0, 0.1) is 0 Å². The molecule has 92 valence electrons. The molecule has 1 fully saturated rings. The van der Waals surface area contributed by atoms with Gasteiger partial charge in [-0.2, -0.15) is 0 Å². The molecule has 1 aromatic heterocycles. The Morgan fingerprint density at radius 2 is 2.06 bits per heavy atom. The fourth-order valence-electron chi connectivity index (χ4n) is 2.06. The van der Waals surface area contributed by atoms with E-state index in [1.54, 1.807) is 18.2 Å². The van der Waals surface area contributed by atoms with E-state index in [1.165, 1.54) is 19.3 Å². The molecule has 0 spiro atoms. The van der Waals surface area contributed by atoms with Crippen molar-refractivity contribution in [2.24, 2.45) is 0 Å². The van der Waals surface area contributed by atoms with Crippen LogP contribution in [0.1, 0.15) is 32.1 Å². The second-order valence-electron chi connectivity index (χ2n) is 4.28. The maximum absolute atomic E-state index is 11.7. The van der Waals surface area contributed by atoms with Crippen LogP contribution in [0.25, 0.3) is 0 Å². The molecular weight excluding hydrogens is 238 g/mol. The summed E-state index contributed by atoms with van der Waals surface area (Å²) in [5.74, 6) is 0.478. The number of carbonyl (C=O) groups excluding carboxylic acids is 1. The summed E-state index contributed by atoms with van der Waals surface area (Å²) in [6.07, 6.45) is 5.79. The van der Waals surface area contributed by atoms with Gasteiger partial charge in [0.2, 0.25) is 0 Å². The van der Waals surface area contributed by atoms with Crippen molar-refractivity contribution >= 4 is 23.4 Å². The normalized spacial score (nSPS) is 16.5. The van der Waals surface area contributed by atoms with Gasteiger partial charge in [-0.15, -0.1) is 0 Å². The van der Waals surface area contributed by atoms with Crippen molar-refractivity contribution < 1.29 is 4.79 Å². The van der Waals surface area contributed by atoms with Crippen LogP contribution in [0.2, 0.25) is 5.15 Å². The number of halogens is 1. The van der Waals surface area contributed by atoms with E-state index >= 15 is 0 Å². The van der Waals surface area contributed by atoms with E-state index < -0.39 is 0 Å². The van der Waals surface area contributed by atoms with Crippen molar-refractivity contribution in [3.8, 4) is 0 Å². The molecule has 0 atom stereocenters. The molecule has 1 aliphatic carbocycles. The zero-order valence-corrected chi connectivity index (χ0v) is 10.3. The number of hydrogen-bond donors (Lipinski definition) is 2. The Morgan fingerprint density at radius 1 is 1.29 bits per heavy atom. The number of hydrogen-bond acceptors (Lipinski definition) is 2. The molecule has 5 heteroatoms. The van der Waals surface area contributed by atoms with E-state index in [1.807, 2.05) is 0 Å². The maximum Gasteiger partial charge on any atom is 0.320 e. The molecule has 0 aromatic carbocycles. The largest absolute Gasteiger partial charge is 0.335 e. The molecular formula is C12H16ClN3O. The highest BCUT2D eigenvalue weighted by atomic mass is 35.5. The summed E-state index contributed by atoms with van der Waals surface area (Å²) in [7, 11) is 0. The Hall–Kier alpha value is -1.29. The minimum Gasteiger partial charge on any atom is -0.335 e. The summed E-state index contributed by atoms with van der Waals surface area (Å²) in [4.78, 5) is 15.7. The van der Waals surface area contributed by atoms with Gasteiger partial charge in [-0.25, -0.2) is 9.78 Å². The quantitative estimate of drug-likeness (QED) is 0.796. The fourth-order valence-corrected chi connectivity index (χ4v) is 2.23. The third-order valence-corrected chi connectivity index (χ3v) is 3.11. The molecule has 0 unspecified atom stereocenters. The van der Waals surface area contributed by atoms with Gasteiger partial charge in [-0.1, -0.05) is 36.9 Å². The standard InChI is InChI=1S/C12H16ClN3O/c13-10-7-4-8-11(15-10)16-12(17)14-9-5-2-1-3-6-9/h4,7-9H,1-3,5-6H2,(H2,14,15,16,17). The third-order valence-electron chi connectivity index (χ3n) is 2.90. The van der Waals surface area contributed by atoms with Crippen LogP contribution in [-0.4, -0.2) is 17.1 Å². The topological polar surface area (TPSA) is 54.0 Å². The van der Waals surface area contributed by atoms with Crippen LogP contribution in [0.3, 0.4) is 0 Å². The number of urea groups is 1. The average molecular weight is 254 g/mol. The monoisotopic (exact) mass is 253 g/mol. The van der Waals surface area contributed by atoms with E-state index in [0.29, 0.717) is 17.0 Å². The number of pyridine rings is 1. The molecule has 0 aliphatic heterocycles. The molecule has 1 aliphatic rings. The molecule has 1 aromatic rings. The third kappa shape index (κ3) is 3.89. The Kier molecular flexibility index (Phi) is 4.20. The van der Waals surface area contributed by atoms with Crippen molar-refractivity contribution in [3.05, 3.63) is 23.4 Å². The van der Waals surface area contributed by atoms with E-state index in [4.69, 9.17) is 11.6 Å². The van der Waals surface area contributed by atoms with Crippen molar-refractivity contribution in [2.45, 2.75) is 38.1 Å². The minimum atomic E-state index is -0.202. The van der Waals surface area contributed by atoms with Crippen LogP contribution in [0.5, 0.6) is 0 Å². The summed E-state index contributed by atoms with van der Waals surface area (Å²) in [5.41, 5.74) is 0. The number of aromatic nitrogens is 1. The van der Waals surface area contributed by atoms with E-state index in [-0.39, 0.29) is 6.03 Å². The first-order valence-electron chi connectivity index (χ1n) is 5.94. The van der Waals surface area contributed by atoms with Crippen molar-refractivity contribution in [2.75, 3.05) is 5.32 Å². The molecule has 1 heterocycles. The second kappa shape index (κ2) is 5.87.